The van der Waals surface area contributed by atoms with Gasteiger partial charge in [-0.3, -0.25) is 0 Å². The molecule has 3 heteroatoms. The van der Waals surface area contributed by atoms with E-state index in [1.165, 1.54) is 45.3 Å². The summed E-state index contributed by atoms with van der Waals surface area (Å²) in [7, 11) is 0. The monoisotopic (exact) mass is 226 g/mol. The van der Waals surface area contributed by atoms with Crippen LogP contribution >= 0.6 is 0 Å². The Hall–Kier alpha value is -0.120. The molecule has 0 bridgehead atoms. The van der Waals surface area contributed by atoms with E-state index in [-0.39, 0.29) is 6.10 Å². The number of nitrogens with zero attached hydrogens (tertiary/aromatic N) is 1. The zero-order valence-electron chi connectivity index (χ0n) is 10.5. The SMILES string of the molecule is CC(O)CCN1CCC(C2CCCN2)CC1. The van der Waals surface area contributed by atoms with Crippen LogP contribution in [0, 0.1) is 5.92 Å². The maximum atomic E-state index is 9.27. The highest BCUT2D eigenvalue weighted by Crippen LogP contribution is 2.25. The second-order valence-corrected chi connectivity index (χ2v) is 5.52. The third-order valence-electron chi connectivity index (χ3n) is 4.16. The summed E-state index contributed by atoms with van der Waals surface area (Å²) in [4.78, 5) is 2.51. The molecule has 2 atom stereocenters. The van der Waals surface area contributed by atoms with Gasteiger partial charge in [0.05, 0.1) is 6.10 Å². The van der Waals surface area contributed by atoms with Crippen LogP contribution in [0.25, 0.3) is 0 Å². The summed E-state index contributed by atoms with van der Waals surface area (Å²) >= 11 is 0. The van der Waals surface area contributed by atoms with Crippen LogP contribution in [-0.4, -0.2) is 48.3 Å². The van der Waals surface area contributed by atoms with Gasteiger partial charge < -0.3 is 15.3 Å². The molecule has 2 aliphatic heterocycles. The average molecular weight is 226 g/mol. The van der Waals surface area contributed by atoms with Crippen molar-refractivity contribution >= 4 is 0 Å². The molecule has 2 aliphatic rings. The van der Waals surface area contributed by atoms with E-state index in [9.17, 15) is 5.11 Å². The van der Waals surface area contributed by atoms with Gasteiger partial charge >= 0.3 is 0 Å². The van der Waals surface area contributed by atoms with Crippen LogP contribution in [0.3, 0.4) is 0 Å². The van der Waals surface area contributed by atoms with E-state index in [0.29, 0.717) is 0 Å². The Kier molecular flexibility index (Phi) is 4.62. The highest BCUT2D eigenvalue weighted by atomic mass is 16.3. The quantitative estimate of drug-likeness (QED) is 0.756. The fourth-order valence-corrected chi connectivity index (χ4v) is 3.06. The van der Waals surface area contributed by atoms with Crippen LogP contribution < -0.4 is 5.32 Å². The molecule has 2 fully saturated rings. The Bertz CT molecular complexity index is 194. The van der Waals surface area contributed by atoms with E-state index in [1.54, 1.807) is 0 Å². The molecule has 3 nitrogen and oxygen atoms in total. The van der Waals surface area contributed by atoms with Crippen molar-refractivity contribution in [3.05, 3.63) is 0 Å². The van der Waals surface area contributed by atoms with Crippen molar-refractivity contribution < 1.29 is 5.11 Å². The zero-order valence-corrected chi connectivity index (χ0v) is 10.5. The predicted molar refractivity (Wildman–Crippen MR) is 66.5 cm³/mol. The molecular weight excluding hydrogens is 200 g/mol. The molecule has 2 unspecified atom stereocenters. The second kappa shape index (κ2) is 5.99. The van der Waals surface area contributed by atoms with Gasteiger partial charge in [-0.2, -0.15) is 0 Å². The van der Waals surface area contributed by atoms with Crippen molar-refractivity contribution in [1.29, 1.82) is 0 Å². The number of aliphatic hydroxyl groups excluding tert-OH is 1. The third kappa shape index (κ3) is 3.44. The van der Waals surface area contributed by atoms with E-state index < -0.39 is 0 Å². The molecule has 2 rings (SSSR count). The fourth-order valence-electron chi connectivity index (χ4n) is 3.06. The lowest BCUT2D eigenvalue weighted by Crippen LogP contribution is -2.41. The van der Waals surface area contributed by atoms with Gasteiger partial charge in [-0.15, -0.1) is 0 Å². The summed E-state index contributed by atoms with van der Waals surface area (Å²) in [6.45, 7) is 6.65. The van der Waals surface area contributed by atoms with Crippen LogP contribution in [0.2, 0.25) is 0 Å². The summed E-state index contributed by atoms with van der Waals surface area (Å²) < 4.78 is 0. The van der Waals surface area contributed by atoms with Gasteiger partial charge in [0.1, 0.15) is 0 Å². The predicted octanol–water partition coefficient (Wildman–Crippen LogP) is 1.22. The number of piperidine rings is 1. The first-order valence-electron chi connectivity index (χ1n) is 6.89. The van der Waals surface area contributed by atoms with E-state index in [1.807, 2.05) is 6.92 Å². The topological polar surface area (TPSA) is 35.5 Å². The summed E-state index contributed by atoms with van der Waals surface area (Å²) in [6.07, 6.45) is 6.22. The van der Waals surface area contributed by atoms with Crippen molar-refractivity contribution in [3.63, 3.8) is 0 Å². The van der Waals surface area contributed by atoms with Gasteiger partial charge in [0, 0.05) is 12.6 Å². The van der Waals surface area contributed by atoms with Crippen LogP contribution in [0.15, 0.2) is 0 Å². The largest absolute Gasteiger partial charge is 0.393 e. The lowest BCUT2D eigenvalue weighted by atomic mass is 9.88. The summed E-state index contributed by atoms with van der Waals surface area (Å²) in [5.41, 5.74) is 0. The number of rotatable bonds is 4. The Balaban J connectivity index is 1.65. The van der Waals surface area contributed by atoms with Gasteiger partial charge in [0.25, 0.3) is 0 Å². The number of hydrogen-bond acceptors (Lipinski definition) is 3. The normalized spacial score (nSPS) is 30.8. The van der Waals surface area contributed by atoms with Gasteiger partial charge in [0.15, 0.2) is 0 Å². The molecule has 0 aliphatic carbocycles. The molecule has 2 N–H and O–H groups in total. The number of aliphatic hydroxyl groups is 1. The summed E-state index contributed by atoms with van der Waals surface area (Å²) in [6, 6.07) is 0.805. The van der Waals surface area contributed by atoms with Crippen LogP contribution in [0.5, 0.6) is 0 Å². The molecule has 0 saturated carbocycles. The Labute approximate surface area is 99.2 Å². The molecule has 2 heterocycles. The third-order valence-corrected chi connectivity index (χ3v) is 4.16. The summed E-state index contributed by atoms with van der Waals surface area (Å²) in [5.74, 6) is 0.908. The minimum atomic E-state index is -0.144. The van der Waals surface area contributed by atoms with E-state index in [4.69, 9.17) is 0 Å². The van der Waals surface area contributed by atoms with Crippen molar-refractivity contribution in [2.24, 2.45) is 5.92 Å². The minimum absolute atomic E-state index is 0.144. The van der Waals surface area contributed by atoms with Crippen LogP contribution in [0.1, 0.15) is 39.0 Å². The maximum Gasteiger partial charge on any atom is 0.0524 e. The highest BCUT2D eigenvalue weighted by molar-refractivity contribution is 4.85. The van der Waals surface area contributed by atoms with Gasteiger partial charge in [0.2, 0.25) is 0 Å². The molecule has 0 radical (unpaired) electrons. The molecule has 0 aromatic carbocycles. The number of hydrogen-bond donors (Lipinski definition) is 2. The molecule has 0 aromatic heterocycles. The van der Waals surface area contributed by atoms with Crippen LogP contribution in [-0.2, 0) is 0 Å². The highest BCUT2D eigenvalue weighted by Gasteiger charge is 2.27. The Morgan fingerprint density at radius 2 is 2.06 bits per heavy atom. The smallest absolute Gasteiger partial charge is 0.0524 e. The van der Waals surface area contributed by atoms with Crippen molar-refractivity contribution in [2.75, 3.05) is 26.2 Å². The first-order valence-corrected chi connectivity index (χ1v) is 6.89. The van der Waals surface area contributed by atoms with Crippen LogP contribution in [0.4, 0.5) is 0 Å². The van der Waals surface area contributed by atoms with Gasteiger partial charge in [-0.1, -0.05) is 0 Å². The molecule has 0 spiro atoms. The lowest BCUT2D eigenvalue weighted by Gasteiger charge is -2.35. The Morgan fingerprint density at radius 1 is 1.31 bits per heavy atom. The fraction of sp³-hybridized carbons (Fsp3) is 1.00. The van der Waals surface area contributed by atoms with E-state index >= 15 is 0 Å². The zero-order chi connectivity index (χ0) is 11.4. The molecule has 94 valence electrons. The molecular formula is C13H26N2O. The number of likely N-dealkylation sites (tertiary alicyclic amines) is 1. The first kappa shape index (κ1) is 12.3. The van der Waals surface area contributed by atoms with Gasteiger partial charge in [-0.05, 0) is 64.6 Å². The number of nitrogens with one attached hydrogen (secondary N) is 1. The lowest BCUT2D eigenvalue weighted by molar-refractivity contribution is 0.125. The van der Waals surface area contributed by atoms with E-state index in [2.05, 4.69) is 10.2 Å². The van der Waals surface area contributed by atoms with Crippen molar-refractivity contribution in [1.82, 2.24) is 10.2 Å². The molecule has 16 heavy (non-hydrogen) atoms. The maximum absolute atomic E-state index is 9.27. The molecule has 0 aromatic rings. The van der Waals surface area contributed by atoms with Crippen molar-refractivity contribution in [2.45, 2.75) is 51.2 Å². The Morgan fingerprint density at radius 3 is 2.62 bits per heavy atom. The second-order valence-electron chi connectivity index (χ2n) is 5.52. The summed E-state index contributed by atoms with van der Waals surface area (Å²) in [5, 5.41) is 12.9. The minimum Gasteiger partial charge on any atom is -0.393 e. The molecule has 2 saturated heterocycles. The van der Waals surface area contributed by atoms with Crippen molar-refractivity contribution in [3.8, 4) is 0 Å². The van der Waals surface area contributed by atoms with Gasteiger partial charge in [-0.25, -0.2) is 0 Å². The van der Waals surface area contributed by atoms with E-state index in [0.717, 1.165) is 24.9 Å². The molecule has 0 amide bonds. The average Bonchev–Trinajstić information content (AvgIpc) is 2.80. The standard InChI is InChI=1S/C13H26N2O/c1-11(16)4-8-15-9-5-12(6-10-15)13-3-2-7-14-13/h11-14,16H,2-10H2,1H3. The first-order chi connectivity index (χ1) is 7.75.